The van der Waals surface area contributed by atoms with Crippen molar-refractivity contribution < 1.29 is 9.59 Å². The van der Waals surface area contributed by atoms with Gasteiger partial charge in [0.2, 0.25) is 0 Å². The van der Waals surface area contributed by atoms with E-state index in [4.69, 9.17) is 0 Å². The van der Waals surface area contributed by atoms with Gasteiger partial charge in [-0.1, -0.05) is 180 Å². The molecule has 63 heavy (non-hydrogen) atoms. The second-order valence-electron chi connectivity index (χ2n) is 18.5. The largest absolute Gasteiger partial charge is 0.338 e. The van der Waals surface area contributed by atoms with Gasteiger partial charge >= 0.3 is 12.1 Å². The van der Waals surface area contributed by atoms with E-state index in [0.29, 0.717) is 19.5 Å². The number of hydrogen-bond donors (Lipinski definition) is 4. The molecule has 360 valence electrons. The third-order valence-corrected chi connectivity index (χ3v) is 12.5. The molecule has 0 aromatic heterocycles. The molecule has 0 atom stereocenters. The molecule has 0 saturated heterocycles. The monoisotopic (exact) mass is 875 g/mol. The first kappa shape index (κ1) is 56.0. The molecule has 0 aliphatic carbocycles. The Labute approximate surface area is 388 Å². The minimum Gasteiger partial charge on any atom is -0.338 e. The van der Waals surface area contributed by atoms with Crippen LogP contribution in [0.15, 0.2) is 48.5 Å². The minimum atomic E-state index is -0.154. The number of urea groups is 2. The third kappa shape index (κ3) is 32.2. The van der Waals surface area contributed by atoms with E-state index in [9.17, 15) is 9.59 Å². The molecule has 0 aliphatic rings. The summed E-state index contributed by atoms with van der Waals surface area (Å²) in [6.07, 6.45) is 37.1. The zero-order valence-electron chi connectivity index (χ0n) is 41.5. The highest BCUT2D eigenvalue weighted by atomic mass is 16.2. The lowest BCUT2D eigenvalue weighted by atomic mass is 10.0. The van der Waals surface area contributed by atoms with Crippen LogP contribution in [0.5, 0.6) is 0 Å². The molecular weight excluding hydrogens is 777 g/mol. The average Bonchev–Trinajstić information content (AvgIpc) is 3.27. The van der Waals surface area contributed by atoms with Crippen LogP contribution in [0.2, 0.25) is 0 Å². The highest BCUT2D eigenvalue weighted by Gasteiger charge is 2.09. The first-order valence-corrected chi connectivity index (χ1v) is 26.7. The number of anilines is 2. The normalized spacial score (nSPS) is 11.4. The topological polar surface area (TPSA) is 88.7 Å². The molecule has 0 spiro atoms. The molecule has 0 saturated carbocycles. The lowest BCUT2D eigenvalue weighted by molar-refractivity contribution is 0.247. The smallest absolute Gasteiger partial charge is 0.319 e. The summed E-state index contributed by atoms with van der Waals surface area (Å²) < 4.78 is 0. The predicted molar refractivity (Wildman–Crippen MR) is 275 cm³/mol. The van der Waals surface area contributed by atoms with Crippen molar-refractivity contribution in [1.29, 1.82) is 0 Å². The summed E-state index contributed by atoms with van der Waals surface area (Å²) in [5, 5.41) is 12.2. The highest BCUT2D eigenvalue weighted by molar-refractivity contribution is 5.90. The maximum atomic E-state index is 12.8. The fraction of sp³-hybridized carbons (Fsp3) is 0.745. The van der Waals surface area contributed by atoms with E-state index >= 15 is 0 Å². The van der Waals surface area contributed by atoms with Crippen molar-refractivity contribution in [3.05, 3.63) is 59.7 Å². The SMILES string of the molecule is CCCCCCCCN(CCCCCCCC)CCCCNC(=O)Nc1cccc(Cc2cccc(NC(=O)NCCCCN(CCCCCCCC)CCCCCCCC)c2)c1. The average molecular weight is 875 g/mol. The van der Waals surface area contributed by atoms with Crippen LogP contribution in [0, 0.1) is 0 Å². The van der Waals surface area contributed by atoms with Gasteiger partial charge in [-0.3, -0.25) is 0 Å². The number of unbranched alkanes of at least 4 members (excludes halogenated alkanes) is 22. The maximum absolute atomic E-state index is 12.8. The fourth-order valence-corrected chi connectivity index (χ4v) is 8.56. The molecule has 0 unspecified atom stereocenters. The van der Waals surface area contributed by atoms with Crippen LogP contribution in [-0.2, 0) is 6.42 Å². The molecule has 0 bridgehead atoms. The number of carbonyl (C=O) groups is 2. The molecule has 0 aliphatic heterocycles. The van der Waals surface area contributed by atoms with E-state index in [1.807, 2.05) is 36.4 Å². The lowest BCUT2D eigenvalue weighted by Crippen LogP contribution is -2.31. The van der Waals surface area contributed by atoms with Crippen molar-refractivity contribution in [3.63, 3.8) is 0 Å². The summed E-state index contributed by atoms with van der Waals surface area (Å²) >= 11 is 0. The van der Waals surface area contributed by atoms with Gasteiger partial charge in [0.15, 0.2) is 0 Å². The maximum Gasteiger partial charge on any atom is 0.319 e. The number of benzene rings is 2. The van der Waals surface area contributed by atoms with Crippen molar-refractivity contribution in [2.75, 3.05) is 63.0 Å². The van der Waals surface area contributed by atoms with Gasteiger partial charge in [-0.05, 0) is 132 Å². The van der Waals surface area contributed by atoms with Crippen LogP contribution in [0.3, 0.4) is 0 Å². The van der Waals surface area contributed by atoms with E-state index < -0.39 is 0 Å². The number of amides is 4. The highest BCUT2D eigenvalue weighted by Crippen LogP contribution is 2.18. The van der Waals surface area contributed by atoms with Crippen LogP contribution in [-0.4, -0.2) is 74.2 Å². The minimum absolute atomic E-state index is 0.154. The van der Waals surface area contributed by atoms with Gasteiger partial charge in [0.1, 0.15) is 0 Å². The molecule has 4 N–H and O–H groups in total. The quantitative estimate of drug-likeness (QED) is 0.0500. The molecule has 8 heteroatoms. The van der Waals surface area contributed by atoms with Crippen molar-refractivity contribution in [3.8, 4) is 0 Å². The van der Waals surface area contributed by atoms with Crippen LogP contribution in [0.4, 0.5) is 21.0 Å². The number of nitrogens with one attached hydrogen (secondary N) is 4. The standard InChI is InChI=1S/C55H98N6O2/c1-5-9-13-17-21-27-41-60(42-28-22-18-14-10-6-2)45-31-25-39-56-54(62)58-52-37-33-35-50(48-52)47-51-36-34-38-53(49-51)59-55(63)57-40-26-32-46-61(43-29-23-19-15-11-7-3)44-30-24-20-16-12-8-4/h33-38,48-49H,5-32,39-47H2,1-4H3,(H2,56,58,62)(H2,57,59,63). The fourth-order valence-electron chi connectivity index (χ4n) is 8.56. The summed E-state index contributed by atoms with van der Waals surface area (Å²) in [5.74, 6) is 0. The molecule has 8 nitrogen and oxygen atoms in total. The summed E-state index contributed by atoms with van der Waals surface area (Å²) in [4.78, 5) is 31.0. The Hall–Kier alpha value is -3.10. The van der Waals surface area contributed by atoms with Gasteiger partial charge in [-0.2, -0.15) is 0 Å². The van der Waals surface area contributed by atoms with Gasteiger partial charge in [-0.25, -0.2) is 9.59 Å². The first-order valence-electron chi connectivity index (χ1n) is 26.7. The number of carbonyl (C=O) groups excluding carboxylic acids is 2. The molecule has 0 radical (unpaired) electrons. The number of nitrogens with zero attached hydrogens (tertiary/aromatic N) is 2. The van der Waals surface area contributed by atoms with Gasteiger partial charge in [-0.15, -0.1) is 0 Å². The molecule has 2 aromatic rings. The summed E-state index contributed by atoms with van der Waals surface area (Å²) in [6.45, 7) is 17.6. The van der Waals surface area contributed by atoms with Crippen LogP contribution in [0.1, 0.15) is 219 Å². The van der Waals surface area contributed by atoms with Gasteiger partial charge in [0.25, 0.3) is 0 Å². The Morgan fingerprint density at radius 1 is 0.381 bits per heavy atom. The zero-order chi connectivity index (χ0) is 45.3. The molecule has 0 fully saturated rings. The van der Waals surface area contributed by atoms with E-state index in [-0.39, 0.29) is 12.1 Å². The summed E-state index contributed by atoms with van der Waals surface area (Å²) in [5.41, 5.74) is 3.78. The van der Waals surface area contributed by atoms with Crippen LogP contribution < -0.4 is 21.3 Å². The van der Waals surface area contributed by atoms with E-state index in [2.05, 4.69) is 70.9 Å². The first-order chi connectivity index (χ1) is 31.0. The predicted octanol–water partition coefficient (Wildman–Crippen LogP) is 15.1. The van der Waals surface area contributed by atoms with Gasteiger partial charge < -0.3 is 31.1 Å². The second-order valence-corrected chi connectivity index (χ2v) is 18.5. The van der Waals surface area contributed by atoms with Crippen molar-refractivity contribution in [2.45, 2.75) is 214 Å². The number of rotatable bonds is 42. The summed E-state index contributed by atoms with van der Waals surface area (Å²) in [6, 6.07) is 15.8. The van der Waals surface area contributed by atoms with E-state index in [1.165, 1.54) is 180 Å². The Balaban J connectivity index is 1.71. The third-order valence-electron chi connectivity index (χ3n) is 12.5. The Bertz CT molecular complexity index is 1240. The van der Waals surface area contributed by atoms with E-state index in [1.54, 1.807) is 0 Å². The van der Waals surface area contributed by atoms with Crippen LogP contribution in [0.25, 0.3) is 0 Å². The molecule has 2 aromatic carbocycles. The second kappa shape index (κ2) is 40.4. The summed E-state index contributed by atoms with van der Waals surface area (Å²) in [7, 11) is 0. The Kier molecular flexibility index (Phi) is 35.9. The van der Waals surface area contributed by atoms with Crippen molar-refractivity contribution >= 4 is 23.4 Å². The molecular formula is C55H98N6O2. The van der Waals surface area contributed by atoms with Crippen molar-refractivity contribution in [1.82, 2.24) is 20.4 Å². The van der Waals surface area contributed by atoms with Crippen molar-refractivity contribution in [2.24, 2.45) is 0 Å². The van der Waals surface area contributed by atoms with Gasteiger partial charge in [0, 0.05) is 24.5 Å². The van der Waals surface area contributed by atoms with E-state index in [0.717, 1.165) is 61.3 Å². The molecule has 4 amide bonds. The number of hydrogen-bond acceptors (Lipinski definition) is 4. The molecule has 2 rings (SSSR count). The zero-order valence-corrected chi connectivity index (χ0v) is 41.5. The Morgan fingerprint density at radius 3 is 0.984 bits per heavy atom. The van der Waals surface area contributed by atoms with Crippen LogP contribution >= 0.6 is 0 Å². The lowest BCUT2D eigenvalue weighted by Gasteiger charge is -2.22. The Morgan fingerprint density at radius 2 is 0.667 bits per heavy atom. The molecule has 0 heterocycles. The van der Waals surface area contributed by atoms with Gasteiger partial charge in [0.05, 0.1) is 0 Å².